The molecular formula is C9H15NO2. The van der Waals surface area contributed by atoms with Crippen molar-refractivity contribution >= 4 is 5.97 Å². The summed E-state index contributed by atoms with van der Waals surface area (Å²) in [5.41, 5.74) is 0. The van der Waals surface area contributed by atoms with Crippen molar-refractivity contribution in [1.82, 2.24) is 4.90 Å². The van der Waals surface area contributed by atoms with Gasteiger partial charge in [0.05, 0.1) is 13.5 Å². The Morgan fingerprint density at radius 3 is 3.00 bits per heavy atom. The summed E-state index contributed by atoms with van der Waals surface area (Å²) in [6, 6.07) is 0. The van der Waals surface area contributed by atoms with E-state index in [1.165, 1.54) is 7.11 Å². The molecule has 0 fully saturated rings. The van der Waals surface area contributed by atoms with E-state index in [-0.39, 0.29) is 5.97 Å². The highest BCUT2D eigenvalue weighted by atomic mass is 16.5. The predicted molar refractivity (Wildman–Crippen MR) is 46.8 cm³/mol. The fraction of sp³-hybridized carbons (Fsp3) is 0.667. The molecule has 0 aromatic carbocycles. The number of carbonyl (C=O) groups is 1. The Kier molecular flexibility index (Phi) is 3.80. The second kappa shape index (κ2) is 4.93. The van der Waals surface area contributed by atoms with Gasteiger partial charge in [-0.1, -0.05) is 12.2 Å². The van der Waals surface area contributed by atoms with Gasteiger partial charge in [0.15, 0.2) is 0 Å². The molecule has 0 saturated carbocycles. The van der Waals surface area contributed by atoms with Gasteiger partial charge in [-0.2, -0.15) is 0 Å². The van der Waals surface area contributed by atoms with Crippen molar-refractivity contribution in [1.29, 1.82) is 0 Å². The Bertz CT molecular complexity index is 177. The van der Waals surface area contributed by atoms with Gasteiger partial charge >= 0.3 is 5.97 Å². The van der Waals surface area contributed by atoms with E-state index in [4.69, 9.17) is 0 Å². The zero-order chi connectivity index (χ0) is 8.81. The Labute approximate surface area is 73.0 Å². The van der Waals surface area contributed by atoms with Crippen molar-refractivity contribution in [3.05, 3.63) is 12.2 Å². The highest BCUT2D eigenvalue weighted by Crippen LogP contribution is 2.01. The molecule has 0 atom stereocenters. The van der Waals surface area contributed by atoms with Crippen LogP contribution in [-0.4, -0.2) is 37.6 Å². The first-order valence-corrected chi connectivity index (χ1v) is 4.27. The van der Waals surface area contributed by atoms with Crippen LogP contribution in [-0.2, 0) is 9.53 Å². The lowest BCUT2D eigenvalue weighted by Crippen LogP contribution is -2.29. The topological polar surface area (TPSA) is 29.5 Å². The number of hydrogen-bond donors (Lipinski definition) is 0. The van der Waals surface area contributed by atoms with Gasteiger partial charge in [0.1, 0.15) is 0 Å². The molecule has 0 unspecified atom stereocenters. The lowest BCUT2D eigenvalue weighted by atomic mass is 10.2. The van der Waals surface area contributed by atoms with Crippen LogP contribution < -0.4 is 0 Å². The third kappa shape index (κ3) is 3.05. The molecule has 1 heterocycles. The van der Waals surface area contributed by atoms with Crippen molar-refractivity contribution in [3.8, 4) is 0 Å². The van der Waals surface area contributed by atoms with Gasteiger partial charge in [0.2, 0.25) is 0 Å². The third-order valence-corrected chi connectivity index (χ3v) is 2.00. The highest BCUT2D eigenvalue weighted by Gasteiger charge is 2.08. The van der Waals surface area contributed by atoms with E-state index in [0.717, 1.165) is 26.1 Å². The van der Waals surface area contributed by atoms with E-state index in [2.05, 4.69) is 21.8 Å². The molecule has 12 heavy (non-hydrogen) atoms. The highest BCUT2D eigenvalue weighted by molar-refractivity contribution is 5.69. The largest absolute Gasteiger partial charge is 0.469 e. The molecule has 0 amide bonds. The summed E-state index contributed by atoms with van der Waals surface area (Å²) in [5.74, 6) is -0.121. The lowest BCUT2D eigenvalue weighted by molar-refractivity contribution is -0.140. The van der Waals surface area contributed by atoms with Crippen LogP contribution in [0.1, 0.15) is 12.8 Å². The number of carbonyl (C=O) groups excluding carboxylic acids is 1. The minimum absolute atomic E-state index is 0.121. The lowest BCUT2D eigenvalue weighted by Gasteiger charge is -2.21. The zero-order valence-electron chi connectivity index (χ0n) is 7.45. The minimum atomic E-state index is -0.121. The summed E-state index contributed by atoms with van der Waals surface area (Å²) < 4.78 is 4.56. The molecule has 3 nitrogen and oxygen atoms in total. The molecule has 0 aromatic rings. The molecule has 68 valence electrons. The summed E-state index contributed by atoms with van der Waals surface area (Å²) in [7, 11) is 1.43. The minimum Gasteiger partial charge on any atom is -0.469 e. The van der Waals surface area contributed by atoms with Gasteiger partial charge in [-0.15, -0.1) is 0 Å². The summed E-state index contributed by atoms with van der Waals surface area (Å²) in [4.78, 5) is 13.0. The van der Waals surface area contributed by atoms with Gasteiger partial charge < -0.3 is 4.74 Å². The van der Waals surface area contributed by atoms with Crippen LogP contribution in [0.15, 0.2) is 12.2 Å². The number of ether oxygens (including phenoxy) is 1. The van der Waals surface area contributed by atoms with Gasteiger partial charge in [-0.3, -0.25) is 9.69 Å². The Morgan fingerprint density at radius 2 is 2.42 bits per heavy atom. The first-order chi connectivity index (χ1) is 5.83. The quantitative estimate of drug-likeness (QED) is 0.462. The fourth-order valence-corrected chi connectivity index (χ4v) is 1.24. The van der Waals surface area contributed by atoms with Crippen LogP contribution in [0, 0.1) is 0 Å². The molecule has 0 aromatic heterocycles. The summed E-state index contributed by atoms with van der Waals surface area (Å²) >= 11 is 0. The van der Waals surface area contributed by atoms with Crippen LogP contribution in [0.25, 0.3) is 0 Å². The zero-order valence-corrected chi connectivity index (χ0v) is 7.45. The van der Waals surface area contributed by atoms with E-state index in [0.29, 0.717) is 6.42 Å². The molecule has 0 N–H and O–H groups in total. The Balaban J connectivity index is 2.14. The van der Waals surface area contributed by atoms with Crippen molar-refractivity contribution < 1.29 is 9.53 Å². The average Bonchev–Trinajstić information content (AvgIpc) is 2.16. The molecule has 1 aliphatic rings. The van der Waals surface area contributed by atoms with E-state index in [1.807, 2.05) is 0 Å². The van der Waals surface area contributed by atoms with E-state index >= 15 is 0 Å². The second-order valence-corrected chi connectivity index (χ2v) is 2.89. The number of nitrogens with zero attached hydrogens (tertiary/aromatic N) is 1. The second-order valence-electron chi connectivity index (χ2n) is 2.89. The van der Waals surface area contributed by atoms with Crippen molar-refractivity contribution in [2.75, 3.05) is 26.7 Å². The predicted octanol–water partition coefficient (Wildman–Crippen LogP) is 0.811. The van der Waals surface area contributed by atoms with Gasteiger partial charge in [-0.05, 0) is 6.42 Å². The van der Waals surface area contributed by atoms with Crippen LogP contribution in [0.2, 0.25) is 0 Å². The smallest absolute Gasteiger partial charge is 0.306 e. The molecule has 0 saturated heterocycles. The third-order valence-electron chi connectivity index (χ3n) is 2.00. The van der Waals surface area contributed by atoms with Crippen LogP contribution in [0.3, 0.4) is 0 Å². The summed E-state index contributed by atoms with van der Waals surface area (Å²) in [6.07, 6.45) is 5.92. The first-order valence-electron chi connectivity index (χ1n) is 4.27. The number of esters is 1. The Hall–Kier alpha value is -0.830. The molecular weight excluding hydrogens is 154 g/mol. The van der Waals surface area contributed by atoms with Gasteiger partial charge in [0.25, 0.3) is 0 Å². The maximum Gasteiger partial charge on any atom is 0.306 e. The monoisotopic (exact) mass is 169 g/mol. The van der Waals surface area contributed by atoms with Crippen LogP contribution in [0.4, 0.5) is 0 Å². The van der Waals surface area contributed by atoms with E-state index in [9.17, 15) is 4.79 Å². The number of hydrogen-bond acceptors (Lipinski definition) is 3. The normalized spacial score (nSPS) is 17.8. The molecule has 0 radical (unpaired) electrons. The van der Waals surface area contributed by atoms with Gasteiger partial charge in [-0.25, -0.2) is 0 Å². The average molecular weight is 169 g/mol. The molecule has 0 aliphatic carbocycles. The number of methoxy groups -OCH3 is 1. The standard InChI is InChI=1S/C9H15NO2/c1-12-9(11)5-8-10-6-3-2-4-7-10/h2-3H,4-8H2,1H3. The van der Waals surface area contributed by atoms with Crippen molar-refractivity contribution in [3.63, 3.8) is 0 Å². The molecule has 0 spiro atoms. The first kappa shape index (κ1) is 9.26. The van der Waals surface area contributed by atoms with Crippen molar-refractivity contribution in [2.24, 2.45) is 0 Å². The SMILES string of the molecule is COC(=O)CCN1CC=CCC1. The van der Waals surface area contributed by atoms with E-state index < -0.39 is 0 Å². The maximum absolute atomic E-state index is 10.8. The van der Waals surface area contributed by atoms with Gasteiger partial charge in [0, 0.05) is 19.6 Å². The molecule has 1 rings (SSSR count). The molecule has 1 aliphatic heterocycles. The summed E-state index contributed by atoms with van der Waals surface area (Å²) in [6.45, 7) is 2.85. The summed E-state index contributed by atoms with van der Waals surface area (Å²) in [5, 5.41) is 0. The van der Waals surface area contributed by atoms with Crippen LogP contribution >= 0.6 is 0 Å². The fourth-order valence-electron chi connectivity index (χ4n) is 1.24. The number of rotatable bonds is 3. The maximum atomic E-state index is 10.8. The Morgan fingerprint density at radius 1 is 1.58 bits per heavy atom. The molecule has 3 heteroatoms. The molecule has 0 bridgehead atoms. The van der Waals surface area contributed by atoms with Crippen molar-refractivity contribution in [2.45, 2.75) is 12.8 Å². The van der Waals surface area contributed by atoms with Crippen LogP contribution in [0.5, 0.6) is 0 Å². The van der Waals surface area contributed by atoms with E-state index in [1.54, 1.807) is 0 Å².